The normalized spacial score (nSPS) is 12.6. The molecular formula is C13H17N3O3. The zero-order valence-corrected chi connectivity index (χ0v) is 10.9. The van der Waals surface area contributed by atoms with Gasteiger partial charge in [-0.15, -0.1) is 0 Å². The average molecular weight is 263 g/mol. The van der Waals surface area contributed by atoms with E-state index in [1.165, 1.54) is 4.90 Å². The Morgan fingerprint density at radius 1 is 1.37 bits per heavy atom. The minimum atomic E-state index is -0.397. The lowest BCUT2D eigenvalue weighted by Crippen LogP contribution is -2.34. The third-order valence-corrected chi connectivity index (χ3v) is 3.28. The van der Waals surface area contributed by atoms with Crippen molar-refractivity contribution in [3.8, 4) is 0 Å². The summed E-state index contributed by atoms with van der Waals surface area (Å²) in [5.41, 5.74) is 1.76. The molecule has 1 aromatic carbocycles. The Morgan fingerprint density at radius 2 is 2.05 bits per heavy atom. The minimum absolute atomic E-state index is 0.137. The number of benzene rings is 1. The average Bonchev–Trinajstić information content (AvgIpc) is 2.78. The van der Waals surface area contributed by atoms with Gasteiger partial charge in [0.1, 0.15) is 0 Å². The second-order valence-electron chi connectivity index (χ2n) is 4.49. The fourth-order valence-corrected chi connectivity index (χ4v) is 2.01. The Bertz CT molecular complexity index is 640. The van der Waals surface area contributed by atoms with E-state index >= 15 is 0 Å². The lowest BCUT2D eigenvalue weighted by atomic mass is 10.1. The van der Waals surface area contributed by atoms with E-state index in [4.69, 9.17) is 5.11 Å². The van der Waals surface area contributed by atoms with Crippen molar-refractivity contribution in [1.82, 2.24) is 9.97 Å². The highest BCUT2D eigenvalue weighted by molar-refractivity contribution is 5.96. The molecule has 0 aliphatic carbocycles. The maximum Gasteiger partial charge on any atom is 0.323 e. The molecule has 1 amide bonds. The second-order valence-corrected chi connectivity index (χ2v) is 4.49. The van der Waals surface area contributed by atoms with Crippen LogP contribution < -0.4 is 10.6 Å². The number of H-pyrrole nitrogens is 2. The molecule has 102 valence electrons. The summed E-state index contributed by atoms with van der Waals surface area (Å²) >= 11 is 0. The largest absolute Gasteiger partial charge is 0.396 e. The van der Waals surface area contributed by atoms with Gasteiger partial charge in [-0.1, -0.05) is 6.92 Å². The minimum Gasteiger partial charge on any atom is -0.396 e. The smallest absolute Gasteiger partial charge is 0.323 e. The van der Waals surface area contributed by atoms with E-state index in [1.54, 1.807) is 25.2 Å². The number of aliphatic hydroxyl groups is 1. The van der Waals surface area contributed by atoms with E-state index in [0.29, 0.717) is 23.1 Å². The summed E-state index contributed by atoms with van der Waals surface area (Å²) in [7, 11) is 1.66. The van der Waals surface area contributed by atoms with Gasteiger partial charge in [-0.05, 0) is 24.6 Å². The molecule has 0 radical (unpaired) electrons. The lowest BCUT2D eigenvalue weighted by molar-refractivity contribution is -0.123. The number of aromatic amines is 2. The molecule has 1 atom stereocenters. The van der Waals surface area contributed by atoms with Crippen molar-refractivity contribution < 1.29 is 9.90 Å². The first-order chi connectivity index (χ1) is 9.06. The van der Waals surface area contributed by atoms with Gasteiger partial charge in [0, 0.05) is 12.7 Å². The van der Waals surface area contributed by atoms with Crippen LogP contribution in [-0.4, -0.2) is 34.6 Å². The van der Waals surface area contributed by atoms with E-state index < -0.39 is 5.92 Å². The van der Waals surface area contributed by atoms with Gasteiger partial charge in [0.05, 0.1) is 23.6 Å². The molecule has 2 rings (SSSR count). The van der Waals surface area contributed by atoms with Gasteiger partial charge in [0.15, 0.2) is 0 Å². The number of nitrogens with zero attached hydrogens (tertiary/aromatic N) is 1. The van der Waals surface area contributed by atoms with Crippen molar-refractivity contribution in [3.63, 3.8) is 0 Å². The Kier molecular flexibility index (Phi) is 3.71. The summed E-state index contributed by atoms with van der Waals surface area (Å²) in [4.78, 5) is 30.1. The molecule has 0 saturated carbocycles. The molecule has 1 aromatic heterocycles. The first kappa shape index (κ1) is 13.4. The maximum absolute atomic E-state index is 12.1. The van der Waals surface area contributed by atoms with Gasteiger partial charge < -0.3 is 20.0 Å². The summed E-state index contributed by atoms with van der Waals surface area (Å²) in [5.74, 6) is -0.534. The maximum atomic E-state index is 12.1. The van der Waals surface area contributed by atoms with Crippen LogP contribution in [0.15, 0.2) is 23.0 Å². The summed E-state index contributed by atoms with van der Waals surface area (Å²) in [6, 6.07) is 5.23. The third-order valence-electron chi connectivity index (χ3n) is 3.28. The van der Waals surface area contributed by atoms with Crippen molar-refractivity contribution in [2.45, 2.75) is 13.3 Å². The first-order valence-corrected chi connectivity index (χ1v) is 6.17. The summed E-state index contributed by atoms with van der Waals surface area (Å²) in [6.45, 7) is 1.70. The molecule has 0 bridgehead atoms. The standard InChI is InChI=1S/C13H17N3O3/c1-3-8(7-17)12(18)16(2)9-4-5-10-11(6-9)15-13(19)14-10/h4-6,8,17H,3,7H2,1-2H3,(H2,14,15,19). The van der Waals surface area contributed by atoms with E-state index in [2.05, 4.69) is 9.97 Å². The molecule has 2 aromatic rings. The topological polar surface area (TPSA) is 89.2 Å². The highest BCUT2D eigenvalue weighted by atomic mass is 16.3. The summed E-state index contributed by atoms with van der Waals surface area (Å²) in [5, 5.41) is 9.17. The van der Waals surface area contributed by atoms with Crippen LogP contribution in [0.4, 0.5) is 5.69 Å². The van der Waals surface area contributed by atoms with Gasteiger partial charge in [0.2, 0.25) is 5.91 Å². The molecular weight excluding hydrogens is 246 g/mol. The Hall–Kier alpha value is -2.08. The van der Waals surface area contributed by atoms with Crippen LogP contribution in [-0.2, 0) is 4.79 Å². The molecule has 0 spiro atoms. The number of carbonyl (C=O) groups is 1. The zero-order chi connectivity index (χ0) is 14.0. The Balaban J connectivity index is 2.32. The zero-order valence-electron chi connectivity index (χ0n) is 10.9. The van der Waals surface area contributed by atoms with Gasteiger partial charge in [-0.25, -0.2) is 4.79 Å². The highest BCUT2D eigenvalue weighted by Crippen LogP contribution is 2.20. The number of aliphatic hydroxyl groups excluding tert-OH is 1. The number of nitrogens with one attached hydrogen (secondary N) is 2. The number of aromatic nitrogens is 2. The number of hydrogen-bond donors (Lipinski definition) is 3. The number of hydrogen-bond acceptors (Lipinski definition) is 3. The first-order valence-electron chi connectivity index (χ1n) is 6.17. The highest BCUT2D eigenvalue weighted by Gasteiger charge is 2.20. The van der Waals surface area contributed by atoms with Gasteiger partial charge in [-0.2, -0.15) is 0 Å². The van der Waals surface area contributed by atoms with Crippen LogP contribution in [0.25, 0.3) is 11.0 Å². The van der Waals surface area contributed by atoms with E-state index in [-0.39, 0.29) is 18.2 Å². The van der Waals surface area contributed by atoms with Gasteiger partial charge in [-0.3, -0.25) is 4.79 Å². The molecule has 6 heteroatoms. The van der Waals surface area contributed by atoms with Crippen LogP contribution in [0.5, 0.6) is 0 Å². The molecule has 0 aliphatic rings. The molecule has 0 fully saturated rings. The second kappa shape index (κ2) is 5.27. The number of amides is 1. The fourth-order valence-electron chi connectivity index (χ4n) is 2.01. The van der Waals surface area contributed by atoms with Crippen molar-refractivity contribution in [2.24, 2.45) is 5.92 Å². The Morgan fingerprint density at radius 3 is 2.68 bits per heavy atom. The quantitative estimate of drug-likeness (QED) is 0.763. The van der Waals surface area contributed by atoms with Crippen molar-refractivity contribution in [2.75, 3.05) is 18.6 Å². The van der Waals surface area contributed by atoms with Crippen LogP contribution in [0.3, 0.4) is 0 Å². The third kappa shape index (κ3) is 2.53. The van der Waals surface area contributed by atoms with E-state index in [0.717, 1.165) is 0 Å². The van der Waals surface area contributed by atoms with Crippen LogP contribution in [0.1, 0.15) is 13.3 Å². The fraction of sp³-hybridized carbons (Fsp3) is 0.385. The molecule has 0 aliphatic heterocycles. The van der Waals surface area contributed by atoms with Crippen LogP contribution in [0.2, 0.25) is 0 Å². The summed E-state index contributed by atoms with van der Waals surface area (Å²) in [6.07, 6.45) is 0.586. The van der Waals surface area contributed by atoms with Gasteiger partial charge in [0.25, 0.3) is 0 Å². The number of rotatable bonds is 4. The molecule has 1 unspecified atom stereocenters. The monoisotopic (exact) mass is 263 g/mol. The predicted molar refractivity (Wildman–Crippen MR) is 73.2 cm³/mol. The van der Waals surface area contributed by atoms with Crippen molar-refractivity contribution in [3.05, 3.63) is 28.7 Å². The molecule has 6 nitrogen and oxygen atoms in total. The van der Waals surface area contributed by atoms with Crippen molar-refractivity contribution >= 4 is 22.6 Å². The number of fused-ring (bicyclic) bond motifs is 1. The Labute approximate surface area is 110 Å². The van der Waals surface area contributed by atoms with Crippen LogP contribution >= 0.6 is 0 Å². The lowest BCUT2D eigenvalue weighted by Gasteiger charge is -2.21. The number of imidazole rings is 1. The molecule has 3 N–H and O–H groups in total. The van der Waals surface area contributed by atoms with Crippen LogP contribution in [0, 0.1) is 5.92 Å². The molecule has 19 heavy (non-hydrogen) atoms. The van der Waals surface area contributed by atoms with E-state index in [1.807, 2.05) is 6.92 Å². The number of carbonyl (C=O) groups excluding carboxylic acids is 1. The van der Waals surface area contributed by atoms with Crippen molar-refractivity contribution in [1.29, 1.82) is 0 Å². The molecule has 0 saturated heterocycles. The summed E-state index contributed by atoms with van der Waals surface area (Å²) < 4.78 is 0. The van der Waals surface area contributed by atoms with Gasteiger partial charge >= 0.3 is 5.69 Å². The number of anilines is 1. The predicted octanol–water partition coefficient (Wildman–Crippen LogP) is 0.837. The SMILES string of the molecule is CCC(CO)C(=O)N(C)c1ccc2[nH]c(=O)[nH]c2c1. The van der Waals surface area contributed by atoms with E-state index in [9.17, 15) is 9.59 Å². The molecule has 1 heterocycles.